The van der Waals surface area contributed by atoms with Crippen molar-refractivity contribution < 1.29 is 14.6 Å². The molecule has 0 radical (unpaired) electrons. The third-order valence-corrected chi connectivity index (χ3v) is 3.81. The molecule has 0 aliphatic carbocycles. The van der Waals surface area contributed by atoms with Crippen molar-refractivity contribution in [1.29, 1.82) is 0 Å². The van der Waals surface area contributed by atoms with Gasteiger partial charge in [0.2, 0.25) is 0 Å². The van der Waals surface area contributed by atoms with Crippen molar-refractivity contribution in [2.24, 2.45) is 0 Å². The Labute approximate surface area is 131 Å². The van der Waals surface area contributed by atoms with Crippen LogP contribution in [0.4, 0.5) is 0 Å². The highest BCUT2D eigenvalue weighted by Crippen LogP contribution is 2.39. The summed E-state index contributed by atoms with van der Waals surface area (Å²) >= 11 is 0. The maximum absolute atomic E-state index is 10.6. The molecule has 22 heavy (non-hydrogen) atoms. The number of ether oxygens (including phenoxy) is 1. The monoisotopic (exact) mass is 298 g/mol. The van der Waals surface area contributed by atoms with Gasteiger partial charge in [0.05, 0.1) is 6.61 Å². The Kier molecular flexibility index (Phi) is 4.55. The molecule has 0 unspecified atom stereocenters. The molecule has 3 heteroatoms. The lowest BCUT2D eigenvalue weighted by molar-refractivity contribution is -0.131. The van der Waals surface area contributed by atoms with Crippen LogP contribution < -0.4 is 4.74 Å². The molecule has 0 amide bonds. The number of fused-ring (bicyclic) bond motifs is 1. The van der Waals surface area contributed by atoms with E-state index in [0.29, 0.717) is 12.2 Å². The van der Waals surface area contributed by atoms with E-state index >= 15 is 0 Å². The van der Waals surface area contributed by atoms with E-state index in [0.717, 1.165) is 16.9 Å². The van der Waals surface area contributed by atoms with Gasteiger partial charge in [-0.05, 0) is 42.7 Å². The van der Waals surface area contributed by atoms with Gasteiger partial charge in [-0.25, -0.2) is 4.79 Å². The SMILES string of the molecule is CC(C=CC=C(C)c1ccc2c(c1)C(C)(C)CO2)=CC(=O)O. The molecule has 3 nitrogen and oxygen atoms in total. The molecule has 1 N–H and O–H groups in total. The summed E-state index contributed by atoms with van der Waals surface area (Å²) in [5, 5.41) is 8.67. The zero-order valence-electron chi connectivity index (χ0n) is 13.5. The zero-order valence-corrected chi connectivity index (χ0v) is 13.5. The third-order valence-electron chi connectivity index (χ3n) is 3.81. The predicted molar refractivity (Wildman–Crippen MR) is 89.1 cm³/mol. The Hall–Kier alpha value is -2.29. The fourth-order valence-corrected chi connectivity index (χ4v) is 2.45. The molecule has 1 aromatic carbocycles. The number of carbonyl (C=O) groups is 1. The van der Waals surface area contributed by atoms with Gasteiger partial charge < -0.3 is 9.84 Å². The summed E-state index contributed by atoms with van der Waals surface area (Å²) in [5.74, 6) is 0.0426. The van der Waals surface area contributed by atoms with Crippen molar-refractivity contribution in [3.8, 4) is 5.75 Å². The number of hydrogen-bond acceptors (Lipinski definition) is 2. The van der Waals surface area contributed by atoms with Crippen molar-refractivity contribution >= 4 is 11.5 Å². The van der Waals surface area contributed by atoms with Crippen molar-refractivity contribution in [2.75, 3.05) is 6.61 Å². The van der Waals surface area contributed by atoms with E-state index in [4.69, 9.17) is 9.84 Å². The predicted octanol–water partition coefficient (Wildman–Crippen LogP) is 4.35. The fourth-order valence-electron chi connectivity index (χ4n) is 2.45. The van der Waals surface area contributed by atoms with E-state index in [-0.39, 0.29) is 5.41 Å². The van der Waals surface area contributed by atoms with Crippen molar-refractivity contribution in [3.63, 3.8) is 0 Å². The molecule has 0 spiro atoms. The van der Waals surface area contributed by atoms with E-state index in [1.807, 2.05) is 25.1 Å². The first kappa shape index (κ1) is 16.1. The van der Waals surface area contributed by atoms with Gasteiger partial charge in [0.15, 0.2) is 0 Å². The molecular formula is C19H22O3. The van der Waals surface area contributed by atoms with Gasteiger partial charge in [-0.2, -0.15) is 0 Å². The Balaban J connectivity index is 2.20. The summed E-state index contributed by atoms with van der Waals surface area (Å²) in [6.45, 7) is 8.89. The Bertz CT molecular complexity index is 676. The number of hydrogen-bond donors (Lipinski definition) is 1. The maximum atomic E-state index is 10.6. The number of benzene rings is 1. The van der Waals surface area contributed by atoms with E-state index in [9.17, 15) is 4.79 Å². The first-order valence-corrected chi connectivity index (χ1v) is 7.33. The molecule has 1 aromatic rings. The fraction of sp³-hybridized carbons (Fsp3) is 0.316. The van der Waals surface area contributed by atoms with E-state index in [2.05, 4.69) is 26.0 Å². The minimum Gasteiger partial charge on any atom is -0.492 e. The van der Waals surface area contributed by atoms with Gasteiger partial charge >= 0.3 is 5.97 Å². The van der Waals surface area contributed by atoms with E-state index in [1.54, 1.807) is 13.0 Å². The summed E-state index contributed by atoms with van der Waals surface area (Å²) in [4.78, 5) is 10.6. The van der Waals surface area contributed by atoms with Crippen LogP contribution in [-0.2, 0) is 10.2 Å². The summed E-state index contributed by atoms with van der Waals surface area (Å²) in [5.41, 5.74) is 4.28. The van der Waals surface area contributed by atoms with Gasteiger partial charge in [-0.1, -0.05) is 38.1 Å². The molecular weight excluding hydrogens is 276 g/mol. The van der Waals surface area contributed by atoms with E-state index < -0.39 is 5.97 Å². The second-order valence-corrected chi connectivity index (χ2v) is 6.32. The van der Waals surface area contributed by atoms with Crippen LogP contribution in [0.5, 0.6) is 5.75 Å². The molecule has 116 valence electrons. The quantitative estimate of drug-likeness (QED) is 0.664. The molecule has 0 aromatic heterocycles. The molecule has 0 fully saturated rings. The maximum Gasteiger partial charge on any atom is 0.328 e. The Morgan fingerprint density at radius 3 is 2.73 bits per heavy atom. The number of aliphatic carboxylic acids is 1. The second-order valence-electron chi connectivity index (χ2n) is 6.32. The van der Waals surface area contributed by atoms with Gasteiger partial charge in [0.25, 0.3) is 0 Å². The van der Waals surface area contributed by atoms with Crippen LogP contribution in [-0.4, -0.2) is 17.7 Å². The average Bonchev–Trinajstić information content (AvgIpc) is 2.73. The average molecular weight is 298 g/mol. The molecule has 2 rings (SSSR count). The van der Waals surface area contributed by atoms with Crippen LogP contribution in [0.2, 0.25) is 0 Å². The van der Waals surface area contributed by atoms with Gasteiger partial charge in [0, 0.05) is 17.1 Å². The molecule has 0 saturated heterocycles. The highest BCUT2D eigenvalue weighted by molar-refractivity contribution is 5.81. The topological polar surface area (TPSA) is 46.5 Å². The van der Waals surface area contributed by atoms with Crippen molar-refractivity contribution in [2.45, 2.75) is 33.1 Å². The summed E-state index contributed by atoms with van der Waals surface area (Å²) < 4.78 is 5.70. The standard InChI is InChI=1S/C19H22O3/c1-13(10-18(20)21)6-5-7-14(2)15-8-9-17-16(11-15)19(3,4)12-22-17/h5-11H,12H2,1-4H3,(H,20,21). The van der Waals surface area contributed by atoms with Crippen LogP contribution in [0.25, 0.3) is 5.57 Å². The molecule has 1 aliphatic heterocycles. The second kappa shape index (κ2) is 6.22. The molecule has 1 aliphatic rings. The number of carboxylic acid groups (broad SMARTS) is 1. The van der Waals surface area contributed by atoms with Crippen LogP contribution in [0.15, 0.2) is 48.1 Å². The highest BCUT2D eigenvalue weighted by atomic mass is 16.5. The highest BCUT2D eigenvalue weighted by Gasteiger charge is 2.31. The summed E-state index contributed by atoms with van der Waals surface area (Å²) in [6.07, 6.45) is 6.84. The summed E-state index contributed by atoms with van der Waals surface area (Å²) in [6, 6.07) is 6.26. The van der Waals surface area contributed by atoms with Crippen LogP contribution in [0.3, 0.4) is 0 Å². The lowest BCUT2D eigenvalue weighted by Gasteiger charge is -2.16. The lowest BCUT2D eigenvalue weighted by Crippen LogP contribution is -2.18. The first-order valence-electron chi connectivity index (χ1n) is 7.33. The third kappa shape index (κ3) is 3.67. The normalized spacial score (nSPS) is 17.5. The molecule has 0 bridgehead atoms. The zero-order chi connectivity index (χ0) is 16.3. The lowest BCUT2D eigenvalue weighted by atomic mass is 9.85. The molecule has 0 saturated carbocycles. The van der Waals surface area contributed by atoms with Crippen LogP contribution in [0, 0.1) is 0 Å². The number of rotatable bonds is 4. The minimum absolute atomic E-state index is 0.0439. The van der Waals surface area contributed by atoms with Crippen LogP contribution in [0.1, 0.15) is 38.8 Å². The minimum atomic E-state index is -0.927. The molecule has 0 atom stereocenters. The Morgan fingerprint density at radius 1 is 1.32 bits per heavy atom. The largest absolute Gasteiger partial charge is 0.492 e. The van der Waals surface area contributed by atoms with Gasteiger partial charge in [-0.3, -0.25) is 0 Å². The summed E-state index contributed by atoms with van der Waals surface area (Å²) in [7, 11) is 0. The van der Waals surface area contributed by atoms with Gasteiger partial charge in [-0.15, -0.1) is 0 Å². The smallest absolute Gasteiger partial charge is 0.328 e. The van der Waals surface area contributed by atoms with Crippen LogP contribution >= 0.6 is 0 Å². The van der Waals surface area contributed by atoms with E-state index in [1.165, 1.54) is 11.6 Å². The van der Waals surface area contributed by atoms with Crippen molar-refractivity contribution in [3.05, 3.63) is 59.2 Å². The number of carboxylic acids is 1. The number of allylic oxidation sites excluding steroid dienone is 5. The Morgan fingerprint density at radius 2 is 2.05 bits per heavy atom. The molecule has 1 heterocycles. The van der Waals surface area contributed by atoms with Gasteiger partial charge in [0.1, 0.15) is 5.75 Å². The van der Waals surface area contributed by atoms with Crippen molar-refractivity contribution in [1.82, 2.24) is 0 Å². The first-order chi connectivity index (χ1) is 10.3.